The monoisotopic (exact) mass is 445 g/mol. The zero-order valence-corrected chi connectivity index (χ0v) is 19.1. The molecule has 0 bridgehead atoms. The van der Waals surface area contributed by atoms with E-state index in [0.717, 1.165) is 31.5 Å². The van der Waals surface area contributed by atoms with Crippen LogP contribution >= 0.6 is 0 Å². The lowest BCUT2D eigenvalue weighted by Crippen LogP contribution is -2.13. The van der Waals surface area contributed by atoms with Crippen LogP contribution in [-0.4, -0.2) is 94.0 Å². The fourth-order valence-corrected chi connectivity index (χ4v) is 2.54. The van der Waals surface area contributed by atoms with Gasteiger partial charge in [0.25, 0.3) is 0 Å². The molecule has 1 rings (SSSR count). The third-order valence-corrected chi connectivity index (χ3v) is 4.17. The Labute approximate surface area is 185 Å². The molecular formula is C21H39N3O7. The second-order valence-electron chi connectivity index (χ2n) is 6.98. The maximum atomic E-state index is 10.9. The number of hydrogen-bond donors (Lipinski definition) is 0. The van der Waals surface area contributed by atoms with E-state index in [0.29, 0.717) is 79.1 Å². The number of ketones is 1. The molecule has 0 saturated heterocycles. The molecule has 0 aromatic carbocycles. The lowest BCUT2D eigenvalue weighted by molar-refractivity contribution is -0.117. The molecule has 31 heavy (non-hydrogen) atoms. The molecule has 0 aliphatic heterocycles. The maximum Gasteiger partial charge on any atom is 0.129 e. The van der Waals surface area contributed by atoms with Gasteiger partial charge >= 0.3 is 0 Å². The van der Waals surface area contributed by atoms with Crippen molar-refractivity contribution in [2.75, 3.05) is 73.2 Å². The van der Waals surface area contributed by atoms with Gasteiger partial charge in [0.05, 0.1) is 78.9 Å². The summed E-state index contributed by atoms with van der Waals surface area (Å²) in [6.45, 7) is 8.25. The number of aromatic nitrogens is 3. The Morgan fingerprint density at radius 2 is 1.35 bits per heavy atom. The molecule has 180 valence electrons. The van der Waals surface area contributed by atoms with Gasteiger partial charge in [-0.1, -0.05) is 11.6 Å². The first kappa shape index (κ1) is 27.6. The third kappa shape index (κ3) is 17.9. The van der Waals surface area contributed by atoms with Gasteiger partial charge in [-0.25, -0.2) is 0 Å². The Hall–Kier alpha value is -1.43. The molecule has 0 fully saturated rings. The predicted molar refractivity (Wildman–Crippen MR) is 114 cm³/mol. The number of carbonyl (C=O) groups is 1. The fourth-order valence-electron chi connectivity index (χ4n) is 2.54. The van der Waals surface area contributed by atoms with Crippen LogP contribution in [0.2, 0.25) is 0 Å². The number of unbranched alkanes of at least 4 members (excludes halogenated alkanes) is 2. The van der Waals surface area contributed by atoms with E-state index in [1.54, 1.807) is 14.0 Å². The Kier molecular flexibility index (Phi) is 18.2. The minimum absolute atomic E-state index is 0.248. The molecule has 0 aliphatic carbocycles. The topological polar surface area (TPSA) is 103 Å². The van der Waals surface area contributed by atoms with Crippen molar-refractivity contribution in [3.05, 3.63) is 11.9 Å². The van der Waals surface area contributed by atoms with Crippen LogP contribution < -0.4 is 0 Å². The third-order valence-electron chi connectivity index (χ3n) is 4.17. The van der Waals surface area contributed by atoms with Gasteiger partial charge in [0.15, 0.2) is 0 Å². The van der Waals surface area contributed by atoms with Crippen molar-refractivity contribution in [3.63, 3.8) is 0 Å². The van der Waals surface area contributed by atoms with Crippen LogP contribution in [0.15, 0.2) is 6.20 Å². The largest absolute Gasteiger partial charge is 0.382 e. The Morgan fingerprint density at radius 1 is 0.806 bits per heavy atom. The minimum Gasteiger partial charge on any atom is -0.382 e. The van der Waals surface area contributed by atoms with E-state index in [2.05, 4.69) is 10.3 Å². The lowest BCUT2D eigenvalue weighted by atomic mass is 10.1. The van der Waals surface area contributed by atoms with Crippen LogP contribution in [0.4, 0.5) is 0 Å². The van der Waals surface area contributed by atoms with Crippen molar-refractivity contribution in [2.24, 2.45) is 0 Å². The zero-order valence-electron chi connectivity index (χ0n) is 19.1. The van der Waals surface area contributed by atoms with E-state index in [9.17, 15) is 4.79 Å². The van der Waals surface area contributed by atoms with Crippen LogP contribution in [0.1, 0.15) is 38.3 Å². The van der Waals surface area contributed by atoms with Crippen LogP contribution in [-0.2, 0) is 46.4 Å². The first-order valence-corrected chi connectivity index (χ1v) is 11.0. The number of ether oxygens (including phenoxy) is 6. The molecular weight excluding hydrogens is 406 g/mol. The van der Waals surface area contributed by atoms with E-state index < -0.39 is 0 Å². The zero-order chi connectivity index (χ0) is 22.4. The Bertz CT molecular complexity index is 543. The highest BCUT2D eigenvalue weighted by molar-refractivity contribution is 5.75. The van der Waals surface area contributed by atoms with Crippen LogP contribution in [0.5, 0.6) is 0 Å². The van der Waals surface area contributed by atoms with E-state index in [1.165, 1.54) is 0 Å². The van der Waals surface area contributed by atoms with Crippen LogP contribution in [0.25, 0.3) is 0 Å². The van der Waals surface area contributed by atoms with Crippen molar-refractivity contribution >= 4 is 5.78 Å². The summed E-state index contributed by atoms with van der Waals surface area (Å²) < 4.78 is 33.8. The smallest absolute Gasteiger partial charge is 0.129 e. The van der Waals surface area contributed by atoms with Crippen molar-refractivity contribution in [2.45, 2.75) is 45.8 Å². The van der Waals surface area contributed by atoms with Gasteiger partial charge < -0.3 is 33.2 Å². The molecule has 0 radical (unpaired) electrons. The lowest BCUT2D eigenvalue weighted by Gasteiger charge is -2.07. The van der Waals surface area contributed by atoms with Crippen molar-refractivity contribution in [1.82, 2.24) is 15.0 Å². The SMILES string of the molecule is COCCOCCOCCOCCOCCOCc1cn(CCCCCC(C)=O)nn1. The highest BCUT2D eigenvalue weighted by atomic mass is 16.6. The summed E-state index contributed by atoms with van der Waals surface area (Å²) in [7, 11) is 1.65. The maximum absolute atomic E-state index is 10.9. The van der Waals surface area contributed by atoms with Gasteiger partial charge in [0.1, 0.15) is 11.5 Å². The van der Waals surface area contributed by atoms with E-state index in [-0.39, 0.29) is 5.78 Å². The van der Waals surface area contributed by atoms with E-state index >= 15 is 0 Å². The van der Waals surface area contributed by atoms with Gasteiger partial charge in [-0.05, 0) is 19.8 Å². The number of nitrogens with zero attached hydrogens (tertiary/aromatic N) is 3. The second-order valence-corrected chi connectivity index (χ2v) is 6.98. The molecule has 0 atom stereocenters. The number of carbonyl (C=O) groups excluding carboxylic acids is 1. The van der Waals surface area contributed by atoms with Crippen LogP contribution in [0.3, 0.4) is 0 Å². The first-order chi connectivity index (χ1) is 15.2. The quantitative estimate of drug-likeness (QED) is 0.233. The number of aryl methyl sites for hydroxylation is 1. The summed E-state index contributed by atoms with van der Waals surface area (Å²) in [5, 5.41) is 8.19. The minimum atomic E-state index is 0.248. The molecule has 10 nitrogen and oxygen atoms in total. The average molecular weight is 446 g/mol. The molecule has 0 N–H and O–H groups in total. The normalized spacial score (nSPS) is 11.3. The molecule has 0 unspecified atom stereocenters. The van der Waals surface area contributed by atoms with Gasteiger partial charge in [-0.2, -0.15) is 0 Å². The Morgan fingerprint density at radius 3 is 1.90 bits per heavy atom. The standard InChI is InChI=1S/C21H39N3O7/c1-20(25)6-4-3-5-7-24-18-21(22-23-24)19-31-17-16-30-15-14-29-13-12-28-11-10-27-9-8-26-2/h18H,3-17,19H2,1-2H3. The molecule has 1 aromatic rings. The van der Waals surface area contributed by atoms with Crippen molar-refractivity contribution in [3.8, 4) is 0 Å². The van der Waals surface area contributed by atoms with Gasteiger partial charge in [0.2, 0.25) is 0 Å². The molecule has 0 aliphatic rings. The summed E-state index contributed by atoms with van der Waals surface area (Å²) in [6, 6.07) is 0. The van der Waals surface area contributed by atoms with Gasteiger partial charge in [-0.15, -0.1) is 5.10 Å². The highest BCUT2D eigenvalue weighted by Gasteiger charge is 2.02. The summed E-state index contributed by atoms with van der Waals surface area (Å²) in [5.41, 5.74) is 0.802. The summed E-state index contributed by atoms with van der Waals surface area (Å²) in [5.74, 6) is 0.248. The van der Waals surface area contributed by atoms with Crippen molar-refractivity contribution < 1.29 is 33.2 Å². The number of rotatable bonds is 23. The summed E-state index contributed by atoms with van der Waals surface area (Å²) in [4.78, 5) is 10.9. The van der Waals surface area contributed by atoms with Crippen LogP contribution in [0, 0.1) is 0 Å². The highest BCUT2D eigenvalue weighted by Crippen LogP contribution is 2.03. The second kappa shape index (κ2) is 20.5. The van der Waals surface area contributed by atoms with Crippen molar-refractivity contribution in [1.29, 1.82) is 0 Å². The Balaban J connectivity index is 1.82. The fraction of sp³-hybridized carbons (Fsp3) is 0.857. The molecule has 1 aromatic heterocycles. The molecule has 0 amide bonds. The number of Topliss-reactive ketones (excluding diaryl/α,β-unsaturated/α-hetero) is 1. The molecule has 10 heteroatoms. The average Bonchev–Trinajstić information content (AvgIpc) is 3.20. The summed E-state index contributed by atoms with van der Waals surface area (Å²) >= 11 is 0. The van der Waals surface area contributed by atoms with Gasteiger partial charge in [-0.3, -0.25) is 4.68 Å². The van der Waals surface area contributed by atoms with E-state index in [4.69, 9.17) is 28.4 Å². The number of methoxy groups -OCH3 is 1. The predicted octanol–water partition coefficient (Wildman–Crippen LogP) is 1.66. The van der Waals surface area contributed by atoms with E-state index in [1.807, 2.05) is 10.9 Å². The molecule has 1 heterocycles. The number of hydrogen-bond acceptors (Lipinski definition) is 9. The van der Waals surface area contributed by atoms with Gasteiger partial charge in [0, 0.05) is 20.1 Å². The first-order valence-electron chi connectivity index (χ1n) is 11.0. The molecule has 0 saturated carbocycles. The molecule has 0 spiro atoms. The summed E-state index contributed by atoms with van der Waals surface area (Å²) in [6.07, 6.45) is 5.49.